The van der Waals surface area contributed by atoms with Crippen molar-refractivity contribution in [3.8, 4) is 0 Å². The van der Waals surface area contributed by atoms with Gasteiger partial charge >= 0.3 is 5.97 Å². The van der Waals surface area contributed by atoms with Crippen LogP contribution in [0.5, 0.6) is 0 Å². The van der Waals surface area contributed by atoms with Crippen LogP contribution < -0.4 is 0 Å². The van der Waals surface area contributed by atoms with E-state index in [4.69, 9.17) is 4.74 Å². The third-order valence-electron chi connectivity index (χ3n) is 11.1. The first-order valence-corrected chi connectivity index (χ1v) is 13.8. The van der Waals surface area contributed by atoms with E-state index in [1.807, 2.05) is 12.2 Å². The molecular formula is C30H48O4. The van der Waals surface area contributed by atoms with Crippen LogP contribution in [0.25, 0.3) is 0 Å². The third-order valence-corrected chi connectivity index (χ3v) is 11.1. The molecule has 4 aliphatic rings. The summed E-state index contributed by atoms with van der Waals surface area (Å²) in [6.45, 7) is 15.3. The maximum absolute atomic E-state index is 12.3. The smallest absolute Gasteiger partial charge is 0.302 e. The van der Waals surface area contributed by atoms with Crippen LogP contribution in [0.2, 0.25) is 0 Å². The van der Waals surface area contributed by atoms with Gasteiger partial charge in [0.15, 0.2) is 0 Å². The Labute approximate surface area is 207 Å². The molecule has 3 fully saturated rings. The van der Waals surface area contributed by atoms with Crippen LogP contribution in [-0.2, 0) is 9.53 Å². The highest BCUT2D eigenvalue weighted by atomic mass is 16.5. The van der Waals surface area contributed by atoms with Gasteiger partial charge in [0.2, 0.25) is 0 Å². The monoisotopic (exact) mass is 472 g/mol. The van der Waals surface area contributed by atoms with Gasteiger partial charge in [-0.25, -0.2) is 0 Å². The Morgan fingerprint density at radius 3 is 2.32 bits per heavy atom. The molecule has 0 unspecified atom stereocenters. The molecule has 0 spiro atoms. The number of ether oxygens (including phenoxy) is 1. The normalized spacial score (nSPS) is 47.7. The van der Waals surface area contributed by atoms with E-state index in [9.17, 15) is 15.0 Å². The minimum absolute atomic E-state index is 0.0249. The lowest BCUT2D eigenvalue weighted by atomic mass is 9.43. The molecule has 0 aromatic heterocycles. The molecule has 4 nitrogen and oxygen atoms in total. The van der Waals surface area contributed by atoms with Crippen molar-refractivity contribution in [2.45, 2.75) is 111 Å². The van der Waals surface area contributed by atoms with Crippen LogP contribution in [-0.4, -0.2) is 33.5 Å². The summed E-state index contributed by atoms with van der Waals surface area (Å²) in [5.41, 5.74) is -2.24. The van der Waals surface area contributed by atoms with Crippen LogP contribution in [0, 0.1) is 46.3 Å². The number of esters is 1. The number of fused-ring (bicyclic) bond motifs is 5. The minimum atomic E-state index is -1.04. The minimum Gasteiger partial charge on any atom is -0.462 e. The zero-order valence-corrected chi connectivity index (χ0v) is 22.5. The molecule has 0 aromatic rings. The summed E-state index contributed by atoms with van der Waals surface area (Å²) in [5, 5.41) is 24.1. The van der Waals surface area contributed by atoms with Gasteiger partial charge in [-0.2, -0.15) is 0 Å². The average Bonchev–Trinajstić information content (AvgIpc) is 3.11. The molecule has 0 heterocycles. The van der Waals surface area contributed by atoms with Gasteiger partial charge in [0.05, 0.1) is 11.2 Å². The highest BCUT2D eigenvalue weighted by Crippen LogP contribution is 2.69. The molecule has 4 rings (SSSR count). The van der Waals surface area contributed by atoms with Crippen molar-refractivity contribution in [1.82, 2.24) is 0 Å². The van der Waals surface area contributed by atoms with E-state index in [-0.39, 0.29) is 29.3 Å². The molecular weight excluding hydrogens is 424 g/mol. The van der Waals surface area contributed by atoms with E-state index in [2.05, 4.69) is 53.7 Å². The first-order chi connectivity index (χ1) is 15.8. The van der Waals surface area contributed by atoms with E-state index < -0.39 is 16.6 Å². The Hall–Kier alpha value is -1.13. The van der Waals surface area contributed by atoms with Crippen molar-refractivity contribution < 1.29 is 19.7 Å². The second-order valence-electron chi connectivity index (χ2n) is 13.2. The summed E-state index contributed by atoms with van der Waals surface area (Å²) in [5.74, 6) is 2.24. The lowest BCUT2D eigenvalue weighted by Crippen LogP contribution is -2.67. The van der Waals surface area contributed by atoms with Crippen LogP contribution in [0.15, 0.2) is 24.3 Å². The average molecular weight is 473 g/mol. The topological polar surface area (TPSA) is 66.8 Å². The Morgan fingerprint density at radius 1 is 0.971 bits per heavy atom. The lowest BCUT2D eigenvalue weighted by molar-refractivity contribution is -0.223. The van der Waals surface area contributed by atoms with Crippen LogP contribution in [0.1, 0.15) is 93.4 Å². The van der Waals surface area contributed by atoms with Crippen molar-refractivity contribution in [3.05, 3.63) is 24.3 Å². The molecule has 0 saturated heterocycles. The van der Waals surface area contributed by atoms with E-state index in [0.29, 0.717) is 30.1 Å². The summed E-state index contributed by atoms with van der Waals surface area (Å²) in [6, 6.07) is 0. The molecule has 192 valence electrons. The van der Waals surface area contributed by atoms with E-state index >= 15 is 0 Å². The molecule has 0 amide bonds. The molecule has 4 heteroatoms. The van der Waals surface area contributed by atoms with Gasteiger partial charge in [0.25, 0.3) is 0 Å². The zero-order valence-electron chi connectivity index (χ0n) is 22.5. The highest BCUT2D eigenvalue weighted by Gasteiger charge is 2.68. The SMILES string of the molecule is CC(=O)O[C@@H]1CC[C@]2(C)[C@H]3CC[C@]4(C)[C@@H]([C@@H](C)/C=C/[C@@H](C)C(C)C)CC[C@H]4[C@]3(O)C=C[C@@]2(O)C1. The molecule has 10 atom stereocenters. The summed E-state index contributed by atoms with van der Waals surface area (Å²) >= 11 is 0. The number of carbonyl (C=O) groups is 1. The van der Waals surface area contributed by atoms with Crippen LogP contribution in [0.3, 0.4) is 0 Å². The lowest BCUT2D eigenvalue weighted by Gasteiger charge is -2.64. The number of hydrogen-bond acceptors (Lipinski definition) is 4. The predicted octanol–water partition coefficient (Wildman–Crippen LogP) is 6.07. The van der Waals surface area contributed by atoms with Crippen molar-refractivity contribution >= 4 is 5.97 Å². The van der Waals surface area contributed by atoms with Gasteiger partial charge in [0.1, 0.15) is 6.10 Å². The highest BCUT2D eigenvalue weighted by molar-refractivity contribution is 5.66. The van der Waals surface area contributed by atoms with Crippen LogP contribution >= 0.6 is 0 Å². The quantitative estimate of drug-likeness (QED) is 0.377. The molecule has 0 radical (unpaired) electrons. The molecule has 2 N–H and O–H groups in total. The van der Waals surface area contributed by atoms with Gasteiger partial charge < -0.3 is 14.9 Å². The Bertz CT molecular complexity index is 847. The van der Waals surface area contributed by atoms with Gasteiger partial charge in [0, 0.05) is 24.7 Å². The predicted molar refractivity (Wildman–Crippen MR) is 136 cm³/mol. The maximum Gasteiger partial charge on any atom is 0.302 e. The summed E-state index contributed by atoms with van der Waals surface area (Å²) in [7, 11) is 0. The standard InChI is InChI=1S/C30H48O4/c1-19(2)20(3)8-9-21(4)24-10-11-25-27(24,6)14-13-26-28(7)15-12-23(34-22(5)31)18-29(28,32)16-17-30(25,26)33/h8-9,16-17,19-21,23-26,32-33H,10-15,18H2,1-7H3/b9-8+/t20-,21+,23-,24-,25-,26-,27-,28-,29-,30-/m1/s1. The number of allylic oxidation sites excluding steroid dienone is 2. The Kier molecular flexibility index (Phi) is 6.69. The van der Waals surface area contributed by atoms with Gasteiger partial charge in [-0.15, -0.1) is 0 Å². The molecule has 0 aromatic carbocycles. The molecule has 3 saturated carbocycles. The Morgan fingerprint density at radius 2 is 1.68 bits per heavy atom. The van der Waals surface area contributed by atoms with E-state index in [1.165, 1.54) is 6.92 Å². The van der Waals surface area contributed by atoms with Crippen LogP contribution in [0.4, 0.5) is 0 Å². The fourth-order valence-corrected chi connectivity index (χ4v) is 8.64. The van der Waals surface area contributed by atoms with Gasteiger partial charge in [-0.3, -0.25) is 4.79 Å². The second kappa shape index (κ2) is 8.76. The van der Waals surface area contributed by atoms with Crippen molar-refractivity contribution in [1.29, 1.82) is 0 Å². The zero-order chi connectivity index (χ0) is 25.1. The largest absolute Gasteiger partial charge is 0.462 e. The van der Waals surface area contributed by atoms with Crippen molar-refractivity contribution in [2.24, 2.45) is 46.3 Å². The number of aliphatic hydroxyl groups is 2. The fourth-order valence-electron chi connectivity index (χ4n) is 8.64. The Balaban J connectivity index is 1.60. The molecule has 4 aliphatic carbocycles. The molecule has 34 heavy (non-hydrogen) atoms. The fraction of sp³-hybridized carbons (Fsp3) is 0.833. The molecule has 0 aliphatic heterocycles. The summed E-state index contributed by atoms with van der Waals surface area (Å²) in [6.07, 6.45) is 14.6. The number of rotatable bonds is 5. The maximum atomic E-state index is 12.3. The first-order valence-electron chi connectivity index (χ1n) is 13.8. The summed E-state index contributed by atoms with van der Waals surface area (Å²) < 4.78 is 5.49. The number of carbonyl (C=O) groups excluding carboxylic acids is 1. The third kappa shape index (κ3) is 3.92. The van der Waals surface area contributed by atoms with E-state index in [1.54, 1.807) is 0 Å². The van der Waals surface area contributed by atoms with E-state index in [0.717, 1.165) is 38.5 Å². The molecule has 0 bridgehead atoms. The number of hydrogen-bond donors (Lipinski definition) is 2. The second-order valence-corrected chi connectivity index (χ2v) is 13.2. The van der Waals surface area contributed by atoms with Crippen molar-refractivity contribution in [3.63, 3.8) is 0 Å². The summed E-state index contributed by atoms with van der Waals surface area (Å²) in [4.78, 5) is 11.5. The first kappa shape index (κ1) is 25.9. The van der Waals surface area contributed by atoms with Crippen molar-refractivity contribution in [2.75, 3.05) is 0 Å². The van der Waals surface area contributed by atoms with Gasteiger partial charge in [-0.05, 0) is 73.5 Å². The van der Waals surface area contributed by atoms with Gasteiger partial charge in [-0.1, -0.05) is 65.8 Å².